The van der Waals surface area contributed by atoms with Crippen molar-refractivity contribution in [3.63, 3.8) is 0 Å². The Morgan fingerprint density at radius 1 is 1.29 bits per heavy atom. The maximum Gasteiger partial charge on any atom is 0.302 e. The minimum Gasteiger partial charge on any atom is -0.466 e. The lowest BCUT2D eigenvalue weighted by molar-refractivity contribution is -0.142. The average Bonchev–Trinajstić information content (AvgIpc) is 2.23. The molecule has 0 aromatic heterocycles. The van der Waals surface area contributed by atoms with Crippen molar-refractivity contribution in [1.29, 1.82) is 0 Å². The third kappa shape index (κ3) is 5.86. The molecule has 0 saturated carbocycles. The molecule has 0 fully saturated rings. The first-order valence-corrected chi connectivity index (χ1v) is 6.39. The van der Waals surface area contributed by atoms with Gasteiger partial charge in [-0.3, -0.25) is 9.59 Å². The van der Waals surface area contributed by atoms with E-state index in [9.17, 15) is 9.59 Å². The van der Waals surface area contributed by atoms with Crippen LogP contribution in [0.1, 0.15) is 26.7 Å². The van der Waals surface area contributed by atoms with Crippen molar-refractivity contribution in [2.45, 2.75) is 26.7 Å². The summed E-state index contributed by atoms with van der Waals surface area (Å²) >= 11 is 3.46. The van der Waals surface area contributed by atoms with Gasteiger partial charge in [0.05, 0.1) is 13.2 Å². The van der Waals surface area contributed by atoms with E-state index in [0.29, 0.717) is 19.1 Å². The molecule has 4 nitrogen and oxygen atoms in total. The zero-order valence-electron chi connectivity index (χ0n) is 10.1. The summed E-state index contributed by atoms with van der Waals surface area (Å²) in [6.45, 7) is 3.62. The zero-order valence-corrected chi connectivity index (χ0v) is 11.7. The van der Waals surface area contributed by atoms with Crippen molar-refractivity contribution in [2.24, 2.45) is 11.8 Å². The predicted octanol–water partition coefficient (Wildman–Crippen LogP) is 2.42. The molecule has 1 aliphatic carbocycles. The zero-order chi connectivity index (χ0) is 12.8. The molecule has 0 aromatic carbocycles. The van der Waals surface area contributed by atoms with Crippen molar-refractivity contribution >= 4 is 27.9 Å². The summed E-state index contributed by atoms with van der Waals surface area (Å²) in [6.07, 6.45) is 3.80. The van der Waals surface area contributed by atoms with Crippen LogP contribution in [0.2, 0.25) is 0 Å². The summed E-state index contributed by atoms with van der Waals surface area (Å²) in [5, 5.41) is 0. The van der Waals surface area contributed by atoms with Crippen LogP contribution in [0.4, 0.5) is 0 Å². The Morgan fingerprint density at radius 2 is 1.88 bits per heavy atom. The lowest BCUT2D eigenvalue weighted by Gasteiger charge is -2.25. The summed E-state index contributed by atoms with van der Waals surface area (Å²) in [5.41, 5.74) is 0. The second-order valence-corrected chi connectivity index (χ2v) is 5.30. The SMILES string of the molecule is CC(=O)OC[C@H]1C=C(Br)C[C@@H](COC(C)=O)C1. The number of allylic oxidation sites excluding steroid dienone is 1. The molecule has 0 radical (unpaired) electrons. The number of hydrogen-bond donors (Lipinski definition) is 0. The van der Waals surface area contributed by atoms with Crippen LogP contribution < -0.4 is 0 Å². The van der Waals surface area contributed by atoms with Gasteiger partial charge in [0.2, 0.25) is 0 Å². The van der Waals surface area contributed by atoms with Gasteiger partial charge in [-0.2, -0.15) is 0 Å². The highest BCUT2D eigenvalue weighted by molar-refractivity contribution is 9.11. The molecule has 0 spiro atoms. The summed E-state index contributed by atoms with van der Waals surface area (Å²) < 4.78 is 11.1. The van der Waals surface area contributed by atoms with Gasteiger partial charge in [0.15, 0.2) is 0 Å². The van der Waals surface area contributed by atoms with E-state index >= 15 is 0 Å². The fourth-order valence-electron chi connectivity index (χ4n) is 1.88. The molecule has 0 aromatic rings. The number of halogens is 1. The molecule has 0 N–H and O–H groups in total. The largest absolute Gasteiger partial charge is 0.466 e. The lowest BCUT2D eigenvalue weighted by Crippen LogP contribution is -2.22. The molecule has 17 heavy (non-hydrogen) atoms. The van der Waals surface area contributed by atoms with E-state index in [1.54, 1.807) is 0 Å². The van der Waals surface area contributed by atoms with E-state index < -0.39 is 0 Å². The van der Waals surface area contributed by atoms with Gasteiger partial charge in [0.25, 0.3) is 0 Å². The van der Waals surface area contributed by atoms with E-state index in [-0.39, 0.29) is 17.9 Å². The molecular formula is C12H17BrO4. The number of esters is 2. The molecular weight excluding hydrogens is 288 g/mol. The smallest absolute Gasteiger partial charge is 0.302 e. The van der Waals surface area contributed by atoms with Crippen molar-refractivity contribution in [2.75, 3.05) is 13.2 Å². The Kier molecular flexibility index (Phi) is 5.68. The molecule has 0 heterocycles. The van der Waals surface area contributed by atoms with E-state index in [1.165, 1.54) is 13.8 Å². The maximum atomic E-state index is 10.7. The third-order valence-corrected chi connectivity index (χ3v) is 3.15. The normalized spacial score (nSPS) is 23.8. The Hall–Kier alpha value is -0.840. The van der Waals surface area contributed by atoms with Gasteiger partial charge in [-0.25, -0.2) is 0 Å². The van der Waals surface area contributed by atoms with Crippen molar-refractivity contribution < 1.29 is 19.1 Å². The molecule has 0 saturated heterocycles. The Balaban J connectivity index is 2.43. The van der Waals surface area contributed by atoms with Crippen molar-refractivity contribution in [1.82, 2.24) is 0 Å². The summed E-state index contributed by atoms with van der Waals surface area (Å²) in [6, 6.07) is 0. The van der Waals surface area contributed by atoms with E-state index in [2.05, 4.69) is 22.0 Å². The topological polar surface area (TPSA) is 52.6 Å². The van der Waals surface area contributed by atoms with Gasteiger partial charge in [0, 0.05) is 19.8 Å². The first-order chi connectivity index (χ1) is 7.97. The monoisotopic (exact) mass is 304 g/mol. The molecule has 0 aliphatic heterocycles. The van der Waals surface area contributed by atoms with Crippen LogP contribution >= 0.6 is 15.9 Å². The highest BCUT2D eigenvalue weighted by atomic mass is 79.9. The van der Waals surface area contributed by atoms with Gasteiger partial charge in [-0.15, -0.1) is 0 Å². The summed E-state index contributed by atoms with van der Waals surface area (Å²) in [4.78, 5) is 21.5. The highest BCUT2D eigenvalue weighted by Gasteiger charge is 2.23. The van der Waals surface area contributed by atoms with Crippen LogP contribution in [0, 0.1) is 11.8 Å². The van der Waals surface area contributed by atoms with Gasteiger partial charge < -0.3 is 9.47 Å². The molecule has 1 aliphatic rings. The minimum atomic E-state index is -0.267. The summed E-state index contributed by atoms with van der Waals surface area (Å²) in [5.74, 6) is -0.0368. The van der Waals surface area contributed by atoms with Crippen LogP contribution in [0.25, 0.3) is 0 Å². The van der Waals surface area contributed by atoms with Crippen LogP contribution in [0.15, 0.2) is 10.6 Å². The number of rotatable bonds is 4. The molecule has 2 atom stereocenters. The minimum absolute atomic E-state index is 0.197. The van der Waals surface area contributed by atoms with Crippen molar-refractivity contribution in [3.05, 3.63) is 10.6 Å². The number of ether oxygens (including phenoxy) is 2. The van der Waals surface area contributed by atoms with Gasteiger partial charge in [-0.05, 0) is 23.2 Å². The Bertz CT molecular complexity index is 324. The first-order valence-electron chi connectivity index (χ1n) is 5.60. The first kappa shape index (κ1) is 14.2. The Labute approximate surface area is 109 Å². The molecule has 5 heteroatoms. The standard InChI is InChI=1S/C12H17BrO4/c1-8(14)16-6-10-3-11(5-12(13)4-10)7-17-9(2)15/h4,10-11H,3,5-7H2,1-2H3/t10-,11+/m1/s1. The van der Waals surface area contributed by atoms with Crippen LogP contribution in [-0.4, -0.2) is 25.2 Å². The number of carbonyl (C=O) groups excluding carboxylic acids is 2. The van der Waals surface area contributed by atoms with Crippen LogP contribution in [0.3, 0.4) is 0 Å². The van der Waals surface area contributed by atoms with Gasteiger partial charge >= 0.3 is 11.9 Å². The van der Waals surface area contributed by atoms with E-state index in [0.717, 1.165) is 17.3 Å². The van der Waals surface area contributed by atoms with E-state index in [4.69, 9.17) is 9.47 Å². The Morgan fingerprint density at radius 3 is 2.47 bits per heavy atom. The second-order valence-electron chi connectivity index (χ2n) is 4.28. The second kappa shape index (κ2) is 6.79. The fourth-order valence-corrected chi connectivity index (χ4v) is 2.71. The molecule has 96 valence electrons. The van der Waals surface area contributed by atoms with Crippen molar-refractivity contribution in [3.8, 4) is 0 Å². The van der Waals surface area contributed by atoms with Gasteiger partial charge in [0.1, 0.15) is 0 Å². The predicted molar refractivity (Wildman–Crippen MR) is 66.5 cm³/mol. The fraction of sp³-hybridized carbons (Fsp3) is 0.667. The molecule has 0 amide bonds. The molecule has 1 rings (SSSR count). The third-order valence-electron chi connectivity index (χ3n) is 2.56. The summed E-state index contributed by atoms with van der Waals surface area (Å²) in [7, 11) is 0. The molecule has 0 unspecified atom stereocenters. The van der Waals surface area contributed by atoms with Crippen LogP contribution in [-0.2, 0) is 19.1 Å². The average molecular weight is 305 g/mol. The van der Waals surface area contributed by atoms with Gasteiger partial charge in [-0.1, -0.05) is 22.0 Å². The highest BCUT2D eigenvalue weighted by Crippen LogP contribution is 2.31. The maximum absolute atomic E-state index is 10.7. The molecule has 0 bridgehead atoms. The van der Waals surface area contributed by atoms with E-state index in [1.807, 2.05) is 0 Å². The van der Waals surface area contributed by atoms with Crippen LogP contribution in [0.5, 0.6) is 0 Å². The quantitative estimate of drug-likeness (QED) is 0.749. The number of carbonyl (C=O) groups is 2. The number of hydrogen-bond acceptors (Lipinski definition) is 4. The lowest BCUT2D eigenvalue weighted by atomic mass is 9.87.